The minimum atomic E-state index is -0.721. The van der Waals surface area contributed by atoms with E-state index < -0.39 is 6.10 Å². The molecule has 1 atom stereocenters. The summed E-state index contributed by atoms with van der Waals surface area (Å²) in [5, 5.41) is 12.9. The van der Waals surface area contributed by atoms with E-state index in [4.69, 9.17) is 9.47 Å². The predicted octanol–water partition coefficient (Wildman–Crippen LogP) is 2.95. The van der Waals surface area contributed by atoms with E-state index in [0.717, 1.165) is 23.4 Å². The maximum absolute atomic E-state index is 11.4. The quantitative estimate of drug-likeness (QED) is 0.812. The zero-order valence-corrected chi connectivity index (χ0v) is 14.3. The number of hydrogen-bond donors (Lipinski definition) is 2. The maximum atomic E-state index is 11.4. The fourth-order valence-corrected chi connectivity index (χ4v) is 2.70. The molecular weight excluding hydrogens is 318 g/mol. The lowest BCUT2D eigenvalue weighted by Gasteiger charge is -2.18. The van der Waals surface area contributed by atoms with Crippen molar-refractivity contribution in [3.8, 4) is 11.5 Å². The Morgan fingerprint density at radius 1 is 1.04 bits per heavy atom. The summed E-state index contributed by atoms with van der Waals surface area (Å²) in [4.78, 5) is 11.4. The van der Waals surface area contributed by atoms with Gasteiger partial charge in [-0.05, 0) is 54.3 Å². The first-order chi connectivity index (χ1) is 12.1. The Morgan fingerprint density at radius 3 is 2.44 bits per heavy atom. The topological polar surface area (TPSA) is 67.8 Å². The van der Waals surface area contributed by atoms with E-state index in [1.165, 1.54) is 5.56 Å². The highest BCUT2D eigenvalue weighted by Crippen LogP contribution is 2.26. The minimum absolute atomic E-state index is 0.0423. The van der Waals surface area contributed by atoms with Gasteiger partial charge in [0.25, 0.3) is 0 Å². The standard InChI is InChI=1S/C20H23NO4/c1-2-14-3-6-17(7-4-14)24-12-16(22)13-25-18-8-9-19-15(11-18)5-10-20(23)21-19/h3-4,6-9,11,16,22H,2,5,10,12-13H2,1H3,(H,21,23). The molecular formula is C20H23NO4. The second-order valence-electron chi connectivity index (χ2n) is 6.14. The van der Waals surface area contributed by atoms with Crippen molar-refractivity contribution in [1.29, 1.82) is 0 Å². The summed E-state index contributed by atoms with van der Waals surface area (Å²) in [6.07, 6.45) is 1.46. The van der Waals surface area contributed by atoms with Crippen LogP contribution in [0.4, 0.5) is 5.69 Å². The largest absolute Gasteiger partial charge is 0.491 e. The molecule has 2 aromatic carbocycles. The number of aryl methyl sites for hydroxylation is 2. The zero-order chi connectivity index (χ0) is 17.6. The van der Waals surface area contributed by atoms with E-state index in [9.17, 15) is 9.90 Å². The number of aliphatic hydroxyl groups is 1. The van der Waals surface area contributed by atoms with Gasteiger partial charge >= 0.3 is 0 Å². The van der Waals surface area contributed by atoms with Gasteiger partial charge in [0.05, 0.1) is 0 Å². The van der Waals surface area contributed by atoms with Crippen molar-refractivity contribution in [2.45, 2.75) is 32.3 Å². The van der Waals surface area contributed by atoms with Crippen LogP contribution in [-0.4, -0.2) is 30.3 Å². The number of fused-ring (bicyclic) bond motifs is 1. The average molecular weight is 341 g/mol. The normalized spacial score (nSPS) is 14.4. The third-order valence-electron chi connectivity index (χ3n) is 4.19. The molecule has 2 N–H and O–H groups in total. The van der Waals surface area contributed by atoms with Crippen LogP contribution in [0.1, 0.15) is 24.5 Å². The Labute approximate surface area is 147 Å². The summed E-state index contributed by atoms with van der Waals surface area (Å²) in [6.45, 7) is 2.43. The molecule has 3 rings (SSSR count). The van der Waals surface area contributed by atoms with Gasteiger partial charge in [-0.3, -0.25) is 4.79 Å². The molecule has 1 aliphatic rings. The molecule has 5 heteroatoms. The summed E-state index contributed by atoms with van der Waals surface area (Å²) in [5.74, 6) is 1.46. The van der Waals surface area contributed by atoms with Gasteiger partial charge in [0.1, 0.15) is 30.8 Å². The van der Waals surface area contributed by atoms with Crippen LogP contribution in [0.5, 0.6) is 11.5 Å². The first-order valence-electron chi connectivity index (χ1n) is 8.59. The zero-order valence-electron chi connectivity index (χ0n) is 14.3. The number of benzene rings is 2. The van der Waals surface area contributed by atoms with Crippen molar-refractivity contribution >= 4 is 11.6 Å². The number of ether oxygens (including phenoxy) is 2. The van der Waals surface area contributed by atoms with Crippen molar-refractivity contribution in [2.24, 2.45) is 0 Å². The first-order valence-corrected chi connectivity index (χ1v) is 8.59. The Kier molecular flexibility index (Phi) is 5.56. The second kappa shape index (κ2) is 8.03. The highest BCUT2D eigenvalue weighted by atomic mass is 16.5. The van der Waals surface area contributed by atoms with Crippen LogP contribution in [0, 0.1) is 0 Å². The van der Waals surface area contributed by atoms with Crippen molar-refractivity contribution in [3.05, 3.63) is 53.6 Å². The number of anilines is 1. The van der Waals surface area contributed by atoms with Gasteiger partial charge in [-0.2, -0.15) is 0 Å². The van der Waals surface area contributed by atoms with Crippen LogP contribution < -0.4 is 14.8 Å². The van der Waals surface area contributed by atoms with E-state index in [1.54, 1.807) is 6.07 Å². The summed E-state index contributed by atoms with van der Waals surface area (Å²) < 4.78 is 11.2. The Balaban J connectivity index is 1.47. The second-order valence-corrected chi connectivity index (χ2v) is 6.14. The molecule has 5 nitrogen and oxygen atoms in total. The average Bonchev–Trinajstić information content (AvgIpc) is 2.65. The van der Waals surface area contributed by atoms with Crippen molar-refractivity contribution < 1.29 is 19.4 Å². The molecule has 0 saturated carbocycles. The highest BCUT2D eigenvalue weighted by molar-refractivity contribution is 5.93. The maximum Gasteiger partial charge on any atom is 0.224 e. The Hall–Kier alpha value is -2.53. The number of nitrogens with one attached hydrogen (secondary N) is 1. The third-order valence-corrected chi connectivity index (χ3v) is 4.19. The van der Waals surface area contributed by atoms with Gasteiger partial charge in [-0.15, -0.1) is 0 Å². The van der Waals surface area contributed by atoms with E-state index >= 15 is 0 Å². The number of carbonyl (C=O) groups is 1. The lowest BCUT2D eigenvalue weighted by Crippen LogP contribution is -2.25. The molecule has 132 valence electrons. The fourth-order valence-electron chi connectivity index (χ4n) is 2.70. The molecule has 1 heterocycles. The molecule has 0 bridgehead atoms. The molecule has 0 saturated heterocycles. The molecule has 0 aliphatic carbocycles. The van der Waals surface area contributed by atoms with Crippen molar-refractivity contribution in [2.75, 3.05) is 18.5 Å². The summed E-state index contributed by atoms with van der Waals surface area (Å²) in [6, 6.07) is 13.4. The van der Waals surface area contributed by atoms with Gasteiger partial charge in [0, 0.05) is 12.1 Å². The molecule has 0 aromatic heterocycles. The van der Waals surface area contributed by atoms with Crippen LogP contribution in [0.25, 0.3) is 0 Å². The van der Waals surface area contributed by atoms with E-state index in [2.05, 4.69) is 12.2 Å². The van der Waals surface area contributed by atoms with Crippen LogP contribution in [-0.2, 0) is 17.6 Å². The molecule has 0 fully saturated rings. The van der Waals surface area contributed by atoms with Gasteiger partial charge in [-0.25, -0.2) is 0 Å². The predicted molar refractivity (Wildman–Crippen MR) is 96.2 cm³/mol. The van der Waals surface area contributed by atoms with Crippen molar-refractivity contribution in [1.82, 2.24) is 0 Å². The molecule has 0 spiro atoms. The van der Waals surface area contributed by atoms with Crippen molar-refractivity contribution in [3.63, 3.8) is 0 Å². The molecule has 1 aliphatic heterocycles. The molecule has 1 unspecified atom stereocenters. The van der Waals surface area contributed by atoms with Crippen LogP contribution in [0.15, 0.2) is 42.5 Å². The van der Waals surface area contributed by atoms with E-state index in [0.29, 0.717) is 18.6 Å². The molecule has 25 heavy (non-hydrogen) atoms. The number of hydrogen-bond acceptors (Lipinski definition) is 4. The first kappa shape index (κ1) is 17.3. The van der Waals surface area contributed by atoms with Crippen LogP contribution in [0.2, 0.25) is 0 Å². The minimum Gasteiger partial charge on any atom is -0.491 e. The Morgan fingerprint density at radius 2 is 1.72 bits per heavy atom. The smallest absolute Gasteiger partial charge is 0.224 e. The molecule has 2 aromatic rings. The lowest BCUT2D eigenvalue weighted by molar-refractivity contribution is -0.116. The Bertz CT molecular complexity index is 727. The molecule has 0 radical (unpaired) electrons. The van der Waals surface area contributed by atoms with Gasteiger partial charge in [0.2, 0.25) is 5.91 Å². The molecule has 1 amide bonds. The number of rotatable bonds is 7. The number of aliphatic hydroxyl groups excluding tert-OH is 1. The summed E-state index contributed by atoms with van der Waals surface area (Å²) >= 11 is 0. The highest BCUT2D eigenvalue weighted by Gasteiger charge is 2.15. The van der Waals surface area contributed by atoms with Gasteiger partial charge in [0.15, 0.2) is 0 Å². The number of amides is 1. The van der Waals surface area contributed by atoms with Crippen LogP contribution >= 0.6 is 0 Å². The number of carbonyl (C=O) groups excluding carboxylic acids is 1. The van der Waals surface area contributed by atoms with Gasteiger partial charge in [-0.1, -0.05) is 19.1 Å². The monoisotopic (exact) mass is 341 g/mol. The lowest BCUT2D eigenvalue weighted by atomic mass is 10.0. The third kappa shape index (κ3) is 4.73. The SMILES string of the molecule is CCc1ccc(OCC(O)COc2ccc3c(c2)CCC(=O)N3)cc1. The summed E-state index contributed by atoms with van der Waals surface area (Å²) in [5.41, 5.74) is 3.14. The van der Waals surface area contributed by atoms with Crippen LogP contribution in [0.3, 0.4) is 0 Å². The fraction of sp³-hybridized carbons (Fsp3) is 0.350. The van der Waals surface area contributed by atoms with E-state index in [1.807, 2.05) is 36.4 Å². The van der Waals surface area contributed by atoms with Gasteiger partial charge < -0.3 is 19.9 Å². The summed E-state index contributed by atoms with van der Waals surface area (Å²) in [7, 11) is 0. The van der Waals surface area contributed by atoms with E-state index in [-0.39, 0.29) is 19.1 Å².